The molecule has 1 atom stereocenters. The van der Waals surface area contributed by atoms with Gasteiger partial charge in [0.25, 0.3) is 0 Å². The fourth-order valence-corrected chi connectivity index (χ4v) is 4.30. The summed E-state index contributed by atoms with van der Waals surface area (Å²) in [6.45, 7) is 3.95. The van der Waals surface area contributed by atoms with Gasteiger partial charge >= 0.3 is 0 Å². The van der Waals surface area contributed by atoms with Crippen molar-refractivity contribution in [3.05, 3.63) is 21.9 Å². The molecule has 1 aromatic heterocycles. The molecule has 1 heterocycles. The van der Waals surface area contributed by atoms with Gasteiger partial charge in [-0.05, 0) is 45.2 Å². The van der Waals surface area contributed by atoms with E-state index >= 15 is 0 Å². The largest absolute Gasteiger partial charge is 0.212 e. The second-order valence-electron chi connectivity index (χ2n) is 4.45. The van der Waals surface area contributed by atoms with Crippen molar-refractivity contribution in [2.24, 2.45) is 0 Å². The third-order valence-electron chi connectivity index (χ3n) is 2.48. The Bertz CT molecular complexity index is 456. The van der Waals surface area contributed by atoms with Crippen LogP contribution in [0.4, 0.5) is 0 Å². The van der Waals surface area contributed by atoms with Gasteiger partial charge in [-0.25, -0.2) is 13.1 Å². The third kappa shape index (κ3) is 6.18. The topological polar surface area (TPSA) is 46.2 Å². The fourth-order valence-electron chi connectivity index (χ4n) is 1.69. The normalized spacial score (nSPS) is 13.7. The van der Waals surface area contributed by atoms with Crippen molar-refractivity contribution < 1.29 is 8.42 Å². The number of unbranched alkanes of at least 4 members (excludes halogenated alkanes) is 1. The number of nitrogens with one attached hydrogen (secondary N) is 1. The van der Waals surface area contributed by atoms with Crippen molar-refractivity contribution in [3.63, 3.8) is 0 Å². The molecule has 104 valence electrons. The summed E-state index contributed by atoms with van der Waals surface area (Å²) in [6, 6.07) is 4.05. The lowest BCUT2D eigenvalue weighted by Gasteiger charge is -2.13. The van der Waals surface area contributed by atoms with E-state index in [4.69, 9.17) is 11.6 Å². The van der Waals surface area contributed by atoms with Gasteiger partial charge < -0.3 is 0 Å². The third-order valence-corrected chi connectivity index (χ3v) is 5.36. The average Bonchev–Trinajstić information content (AvgIpc) is 2.63. The minimum Gasteiger partial charge on any atom is -0.212 e. The number of halogens is 1. The van der Waals surface area contributed by atoms with Crippen molar-refractivity contribution in [1.29, 1.82) is 0 Å². The number of thiophene rings is 1. The van der Waals surface area contributed by atoms with Crippen molar-refractivity contribution in [2.45, 2.75) is 39.2 Å². The number of rotatable bonds is 8. The highest BCUT2D eigenvalue weighted by Crippen LogP contribution is 2.16. The van der Waals surface area contributed by atoms with Gasteiger partial charge in [0.15, 0.2) is 0 Å². The van der Waals surface area contributed by atoms with Gasteiger partial charge in [0.2, 0.25) is 10.0 Å². The fraction of sp³-hybridized carbons (Fsp3) is 0.667. The molecule has 0 radical (unpaired) electrons. The molecule has 0 fully saturated rings. The predicted molar refractivity (Wildman–Crippen MR) is 79.1 cm³/mol. The second-order valence-corrected chi connectivity index (χ2v) is 8.07. The molecule has 1 aromatic rings. The van der Waals surface area contributed by atoms with Crippen LogP contribution in [0.5, 0.6) is 0 Å². The lowest BCUT2D eigenvalue weighted by Crippen LogP contribution is -2.35. The van der Waals surface area contributed by atoms with E-state index in [2.05, 4.69) is 23.8 Å². The molecule has 0 aliphatic rings. The molecule has 0 saturated carbocycles. The highest BCUT2D eigenvalue weighted by Gasteiger charge is 2.14. The van der Waals surface area contributed by atoms with Gasteiger partial charge in [0.1, 0.15) is 0 Å². The summed E-state index contributed by atoms with van der Waals surface area (Å²) in [5.41, 5.74) is 0. The van der Waals surface area contributed by atoms with Crippen LogP contribution in [0.25, 0.3) is 0 Å². The molecule has 0 saturated heterocycles. The van der Waals surface area contributed by atoms with Crippen LogP contribution in [0, 0.1) is 6.92 Å². The molecule has 0 spiro atoms. The Balaban J connectivity index is 2.41. The standard InChI is InChI=1S/C12H20ClNO2S2/c1-10(9-12-6-5-11(2)17-12)14-18(15,16)8-4-3-7-13/h5-6,10,14H,3-4,7-9H2,1-2H3. The van der Waals surface area contributed by atoms with Crippen LogP contribution in [-0.2, 0) is 16.4 Å². The molecule has 6 heteroatoms. The maximum Gasteiger partial charge on any atom is 0.211 e. The average molecular weight is 310 g/mol. The Hall–Kier alpha value is -0.100. The van der Waals surface area contributed by atoms with Gasteiger partial charge in [-0.2, -0.15) is 0 Å². The highest BCUT2D eigenvalue weighted by molar-refractivity contribution is 7.89. The summed E-state index contributed by atoms with van der Waals surface area (Å²) in [7, 11) is -3.17. The molecule has 0 aromatic carbocycles. The van der Waals surface area contributed by atoms with E-state index in [9.17, 15) is 8.42 Å². The van der Waals surface area contributed by atoms with Crippen molar-refractivity contribution in [1.82, 2.24) is 4.72 Å². The van der Waals surface area contributed by atoms with Crippen LogP contribution in [-0.4, -0.2) is 26.1 Å². The molecule has 1 N–H and O–H groups in total. The Labute approximate surface area is 119 Å². The van der Waals surface area contributed by atoms with Crippen LogP contribution in [0.15, 0.2) is 12.1 Å². The van der Waals surface area contributed by atoms with E-state index in [0.29, 0.717) is 12.3 Å². The maximum absolute atomic E-state index is 11.8. The van der Waals surface area contributed by atoms with E-state index in [1.165, 1.54) is 9.75 Å². The summed E-state index contributed by atoms with van der Waals surface area (Å²) >= 11 is 7.24. The first kappa shape index (κ1) is 16.0. The van der Waals surface area contributed by atoms with E-state index in [-0.39, 0.29) is 11.8 Å². The van der Waals surface area contributed by atoms with Gasteiger partial charge in [0, 0.05) is 21.7 Å². The molecule has 0 aliphatic heterocycles. The zero-order valence-electron chi connectivity index (χ0n) is 10.8. The molecule has 3 nitrogen and oxygen atoms in total. The number of aryl methyl sites for hydroxylation is 1. The molecular formula is C12H20ClNO2S2. The summed E-state index contributed by atoms with van der Waals surface area (Å²) in [4.78, 5) is 2.46. The Morgan fingerprint density at radius 1 is 1.39 bits per heavy atom. The predicted octanol–water partition coefficient (Wildman–Crippen LogP) is 2.93. The van der Waals surface area contributed by atoms with Gasteiger partial charge in [-0.15, -0.1) is 22.9 Å². The number of hydrogen-bond acceptors (Lipinski definition) is 3. The first-order valence-electron chi connectivity index (χ1n) is 6.04. The first-order chi connectivity index (χ1) is 8.43. The minimum atomic E-state index is -3.17. The van der Waals surface area contributed by atoms with Gasteiger partial charge in [-0.1, -0.05) is 0 Å². The van der Waals surface area contributed by atoms with E-state index < -0.39 is 10.0 Å². The molecule has 0 bridgehead atoms. The monoisotopic (exact) mass is 309 g/mol. The van der Waals surface area contributed by atoms with Crippen molar-refractivity contribution in [2.75, 3.05) is 11.6 Å². The SMILES string of the molecule is Cc1ccc(CC(C)NS(=O)(=O)CCCCCl)s1. The van der Waals surface area contributed by atoms with Crippen molar-refractivity contribution in [3.8, 4) is 0 Å². The number of hydrogen-bond donors (Lipinski definition) is 1. The second kappa shape index (κ2) is 7.48. The molecule has 1 rings (SSSR count). The minimum absolute atomic E-state index is 0.0657. The zero-order chi connectivity index (χ0) is 13.6. The molecule has 1 unspecified atom stereocenters. The lowest BCUT2D eigenvalue weighted by molar-refractivity contribution is 0.558. The van der Waals surface area contributed by atoms with Gasteiger partial charge in [0.05, 0.1) is 5.75 Å². The van der Waals surface area contributed by atoms with E-state index in [1.54, 1.807) is 11.3 Å². The summed E-state index contributed by atoms with van der Waals surface area (Å²) in [5, 5.41) is 0. The molecular weight excluding hydrogens is 290 g/mol. The smallest absolute Gasteiger partial charge is 0.211 e. The Kier molecular flexibility index (Phi) is 6.63. The van der Waals surface area contributed by atoms with Crippen molar-refractivity contribution >= 4 is 33.0 Å². The zero-order valence-corrected chi connectivity index (χ0v) is 13.2. The molecule has 18 heavy (non-hydrogen) atoms. The number of alkyl halides is 1. The van der Waals surface area contributed by atoms with Crippen LogP contribution >= 0.6 is 22.9 Å². The van der Waals surface area contributed by atoms with Gasteiger partial charge in [-0.3, -0.25) is 0 Å². The van der Waals surface area contributed by atoms with Crippen LogP contribution in [0.2, 0.25) is 0 Å². The Morgan fingerprint density at radius 2 is 2.11 bits per heavy atom. The lowest BCUT2D eigenvalue weighted by atomic mass is 10.2. The summed E-state index contributed by atoms with van der Waals surface area (Å²) in [6.07, 6.45) is 2.10. The maximum atomic E-state index is 11.8. The van der Waals surface area contributed by atoms with Crippen LogP contribution in [0.1, 0.15) is 29.5 Å². The van der Waals surface area contributed by atoms with Crippen LogP contribution < -0.4 is 4.72 Å². The molecule has 0 amide bonds. The number of sulfonamides is 1. The molecule has 0 aliphatic carbocycles. The summed E-state index contributed by atoms with van der Waals surface area (Å²) < 4.78 is 26.2. The highest BCUT2D eigenvalue weighted by atomic mass is 35.5. The Morgan fingerprint density at radius 3 is 2.67 bits per heavy atom. The first-order valence-corrected chi connectivity index (χ1v) is 9.04. The van der Waals surface area contributed by atoms with E-state index in [0.717, 1.165) is 12.8 Å². The van der Waals surface area contributed by atoms with E-state index in [1.807, 2.05) is 6.92 Å². The quantitative estimate of drug-likeness (QED) is 0.593. The van der Waals surface area contributed by atoms with Crippen LogP contribution in [0.3, 0.4) is 0 Å². The summed E-state index contributed by atoms with van der Waals surface area (Å²) in [5.74, 6) is 0.674.